The Kier molecular flexibility index (Phi) is 8.42. The van der Waals surface area contributed by atoms with Crippen molar-refractivity contribution in [1.29, 1.82) is 0 Å². The summed E-state index contributed by atoms with van der Waals surface area (Å²) in [5.74, 6) is 1.45. The summed E-state index contributed by atoms with van der Waals surface area (Å²) in [6.07, 6.45) is 9.82. The van der Waals surface area contributed by atoms with Crippen LogP contribution in [0.1, 0.15) is 36.8 Å². The van der Waals surface area contributed by atoms with Crippen molar-refractivity contribution < 1.29 is 4.39 Å². The molecule has 2 aromatic carbocycles. The molecule has 1 saturated carbocycles. The van der Waals surface area contributed by atoms with E-state index in [-0.39, 0.29) is 5.82 Å². The zero-order valence-corrected chi connectivity index (χ0v) is 18.6. The molecule has 4 rings (SSSR count). The number of nitrogens with two attached hydrogens (primary N) is 1. The molecule has 3 aromatic rings. The second kappa shape index (κ2) is 11.5. The second-order valence-electron chi connectivity index (χ2n) is 7.75. The summed E-state index contributed by atoms with van der Waals surface area (Å²) in [7, 11) is 1.50. The maximum absolute atomic E-state index is 14.8. The Hall–Kier alpha value is -2.92. The molecule has 31 heavy (non-hydrogen) atoms. The van der Waals surface area contributed by atoms with Crippen LogP contribution in [-0.4, -0.2) is 23.1 Å². The SMILES string of the molecule is CN.Cc1cccc(-c2ncc(NCCCc3ccccc3)n2CC=C2CCC2)c1F. The van der Waals surface area contributed by atoms with E-state index in [1.54, 1.807) is 13.0 Å². The summed E-state index contributed by atoms with van der Waals surface area (Å²) >= 11 is 0. The normalized spacial score (nSPS) is 12.6. The molecule has 0 atom stereocenters. The summed E-state index contributed by atoms with van der Waals surface area (Å²) in [6, 6.07) is 16.0. The van der Waals surface area contributed by atoms with Crippen molar-refractivity contribution in [2.45, 2.75) is 45.6 Å². The van der Waals surface area contributed by atoms with Crippen LogP contribution in [0.5, 0.6) is 0 Å². The molecule has 4 nitrogen and oxygen atoms in total. The standard InChI is InChI=1S/C25H28FN3.CH5N/c1-19-8-5-14-22(24(19)26)25-28-18-23(29(25)17-15-21-11-6-12-21)27-16-7-13-20-9-3-2-4-10-20;1-2/h2-5,8-10,14-15,18,27H,6-7,11-13,16-17H2,1H3;2H2,1H3. The quantitative estimate of drug-likeness (QED) is 0.362. The van der Waals surface area contributed by atoms with Crippen LogP contribution in [0.2, 0.25) is 0 Å². The van der Waals surface area contributed by atoms with Gasteiger partial charge in [-0.25, -0.2) is 9.37 Å². The summed E-state index contributed by atoms with van der Waals surface area (Å²) in [6.45, 7) is 3.37. The van der Waals surface area contributed by atoms with Gasteiger partial charge in [-0.2, -0.15) is 0 Å². The van der Waals surface area contributed by atoms with Crippen molar-refractivity contribution in [2.75, 3.05) is 18.9 Å². The summed E-state index contributed by atoms with van der Waals surface area (Å²) in [4.78, 5) is 4.58. The predicted octanol–water partition coefficient (Wildman–Crippen LogP) is 5.73. The summed E-state index contributed by atoms with van der Waals surface area (Å²) < 4.78 is 16.9. The number of anilines is 1. The first kappa shape index (κ1) is 22.8. The highest BCUT2D eigenvalue weighted by Crippen LogP contribution is 2.29. The van der Waals surface area contributed by atoms with Crippen LogP contribution < -0.4 is 11.1 Å². The van der Waals surface area contributed by atoms with Gasteiger partial charge in [-0.1, -0.05) is 54.1 Å². The van der Waals surface area contributed by atoms with Crippen molar-refractivity contribution in [3.63, 3.8) is 0 Å². The Bertz CT molecular complexity index is 986. The maximum atomic E-state index is 14.8. The van der Waals surface area contributed by atoms with Gasteiger partial charge in [0.25, 0.3) is 0 Å². The topological polar surface area (TPSA) is 55.9 Å². The number of aromatic nitrogens is 2. The van der Waals surface area contributed by atoms with Crippen LogP contribution >= 0.6 is 0 Å². The van der Waals surface area contributed by atoms with E-state index in [9.17, 15) is 4.39 Å². The molecule has 1 heterocycles. The molecule has 0 bridgehead atoms. The van der Waals surface area contributed by atoms with Crippen LogP contribution in [0, 0.1) is 12.7 Å². The molecule has 1 aliphatic rings. The van der Waals surface area contributed by atoms with Crippen molar-refractivity contribution >= 4 is 5.82 Å². The van der Waals surface area contributed by atoms with Gasteiger partial charge >= 0.3 is 0 Å². The van der Waals surface area contributed by atoms with Gasteiger partial charge in [0.15, 0.2) is 0 Å². The number of halogens is 1. The fourth-order valence-electron chi connectivity index (χ4n) is 3.70. The van der Waals surface area contributed by atoms with Crippen molar-refractivity contribution in [1.82, 2.24) is 9.55 Å². The van der Waals surface area contributed by atoms with E-state index >= 15 is 0 Å². The second-order valence-corrected chi connectivity index (χ2v) is 7.75. The van der Waals surface area contributed by atoms with Crippen LogP contribution in [0.3, 0.4) is 0 Å². The first-order valence-corrected chi connectivity index (χ1v) is 11.1. The lowest BCUT2D eigenvalue weighted by molar-refractivity contribution is 0.618. The lowest BCUT2D eigenvalue weighted by atomic mass is 9.92. The Balaban J connectivity index is 0.00000132. The highest BCUT2D eigenvalue weighted by atomic mass is 19.1. The first-order chi connectivity index (χ1) is 15.2. The molecule has 0 unspecified atom stereocenters. The van der Waals surface area contributed by atoms with Gasteiger partial charge in [0.05, 0.1) is 11.8 Å². The molecule has 0 spiro atoms. The molecule has 0 amide bonds. The number of hydrogen-bond acceptors (Lipinski definition) is 3. The molecule has 1 aromatic heterocycles. The third-order valence-corrected chi connectivity index (χ3v) is 5.64. The number of nitrogens with one attached hydrogen (secondary N) is 1. The molecule has 1 fully saturated rings. The van der Waals surface area contributed by atoms with E-state index in [2.05, 4.69) is 50.9 Å². The minimum Gasteiger partial charge on any atom is -0.370 e. The molecule has 0 aliphatic heterocycles. The van der Waals surface area contributed by atoms with E-state index < -0.39 is 0 Å². The lowest BCUT2D eigenvalue weighted by Crippen LogP contribution is -2.10. The number of nitrogens with zero attached hydrogens (tertiary/aromatic N) is 2. The molecule has 3 N–H and O–H groups in total. The highest BCUT2D eigenvalue weighted by Gasteiger charge is 2.16. The minimum absolute atomic E-state index is 0.189. The minimum atomic E-state index is -0.189. The van der Waals surface area contributed by atoms with Crippen molar-refractivity contribution in [2.24, 2.45) is 5.73 Å². The van der Waals surface area contributed by atoms with Crippen LogP contribution in [0.4, 0.5) is 10.2 Å². The smallest absolute Gasteiger partial charge is 0.144 e. The van der Waals surface area contributed by atoms with Crippen LogP contribution in [-0.2, 0) is 13.0 Å². The largest absolute Gasteiger partial charge is 0.370 e. The van der Waals surface area contributed by atoms with Gasteiger partial charge in [-0.3, -0.25) is 0 Å². The van der Waals surface area contributed by atoms with Crippen LogP contribution in [0.25, 0.3) is 11.4 Å². The van der Waals surface area contributed by atoms with E-state index in [0.29, 0.717) is 17.0 Å². The third-order valence-electron chi connectivity index (χ3n) is 5.64. The van der Waals surface area contributed by atoms with Gasteiger partial charge in [0.2, 0.25) is 0 Å². The van der Waals surface area contributed by atoms with Crippen molar-refractivity contribution in [3.8, 4) is 11.4 Å². The van der Waals surface area contributed by atoms with E-state index in [1.807, 2.05) is 24.4 Å². The number of benzene rings is 2. The summed E-state index contributed by atoms with van der Waals surface area (Å²) in [5.41, 5.74) is 8.55. The molecular formula is C26H33FN4. The van der Waals surface area contributed by atoms with Gasteiger partial charge < -0.3 is 15.6 Å². The third kappa shape index (κ3) is 5.82. The zero-order valence-electron chi connectivity index (χ0n) is 18.6. The fraction of sp³-hybridized carbons (Fsp3) is 0.346. The molecule has 1 aliphatic carbocycles. The number of rotatable bonds is 8. The van der Waals surface area contributed by atoms with E-state index in [4.69, 9.17) is 0 Å². The fourth-order valence-corrected chi connectivity index (χ4v) is 3.70. The average Bonchev–Trinajstić information content (AvgIpc) is 3.17. The molecule has 5 heteroatoms. The molecule has 164 valence electrons. The van der Waals surface area contributed by atoms with E-state index in [1.165, 1.54) is 37.4 Å². The summed E-state index contributed by atoms with van der Waals surface area (Å²) in [5, 5.41) is 3.52. The molecule has 0 saturated heterocycles. The molecule has 0 radical (unpaired) electrons. The number of allylic oxidation sites excluding steroid dienone is 2. The Morgan fingerprint density at radius 1 is 1.10 bits per heavy atom. The molecular weight excluding hydrogens is 387 g/mol. The van der Waals surface area contributed by atoms with Gasteiger partial charge in [0, 0.05) is 13.1 Å². The highest BCUT2D eigenvalue weighted by molar-refractivity contribution is 5.61. The Morgan fingerprint density at radius 2 is 1.87 bits per heavy atom. The monoisotopic (exact) mass is 420 g/mol. The van der Waals surface area contributed by atoms with Gasteiger partial charge in [-0.05, 0) is 63.3 Å². The zero-order chi connectivity index (χ0) is 22.1. The Morgan fingerprint density at radius 3 is 2.58 bits per heavy atom. The Labute approximate surface area is 185 Å². The van der Waals surface area contributed by atoms with Gasteiger partial charge in [0.1, 0.15) is 17.5 Å². The maximum Gasteiger partial charge on any atom is 0.144 e. The van der Waals surface area contributed by atoms with E-state index in [0.717, 1.165) is 31.7 Å². The number of hydrogen-bond donors (Lipinski definition) is 2. The lowest BCUT2D eigenvalue weighted by Gasteiger charge is -2.18. The average molecular weight is 421 g/mol. The van der Waals surface area contributed by atoms with Gasteiger partial charge in [-0.15, -0.1) is 0 Å². The van der Waals surface area contributed by atoms with Crippen LogP contribution in [0.15, 0.2) is 66.4 Å². The number of aryl methyl sites for hydroxylation is 2. The van der Waals surface area contributed by atoms with Crippen molar-refractivity contribution in [3.05, 3.63) is 83.3 Å². The first-order valence-electron chi connectivity index (χ1n) is 11.1. The predicted molar refractivity (Wildman–Crippen MR) is 128 cm³/mol. The number of imidazole rings is 1.